The number of hydrogen-bond acceptors (Lipinski definition) is 4. The highest BCUT2D eigenvalue weighted by molar-refractivity contribution is 5.95. The van der Waals surface area contributed by atoms with Crippen LogP contribution < -0.4 is 10.2 Å². The number of nitrogens with zero attached hydrogens (tertiary/aromatic N) is 4. The van der Waals surface area contributed by atoms with Crippen LogP contribution in [0.2, 0.25) is 0 Å². The number of aromatic nitrogens is 4. The van der Waals surface area contributed by atoms with Gasteiger partial charge >= 0.3 is 0 Å². The molecule has 7 heteroatoms. The summed E-state index contributed by atoms with van der Waals surface area (Å²) < 4.78 is 1.94. The van der Waals surface area contributed by atoms with Gasteiger partial charge in [-0.2, -0.15) is 5.10 Å². The summed E-state index contributed by atoms with van der Waals surface area (Å²) in [6.07, 6.45) is 7.72. The Morgan fingerprint density at radius 1 is 1.14 bits per heavy atom. The maximum Gasteiger partial charge on any atom is 0.239 e. The van der Waals surface area contributed by atoms with Gasteiger partial charge in [-0.3, -0.25) is 9.48 Å². The zero-order valence-electron chi connectivity index (χ0n) is 15.3. The lowest BCUT2D eigenvalue weighted by Gasteiger charge is -2.28. The lowest BCUT2D eigenvalue weighted by molar-refractivity contribution is -0.120. The quantitative estimate of drug-likeness (QED) is 0.577. The van der Waals surface area contributed by atoms with Crippen LogP contribution in [0.25, 0.3) is 22.2 Å². The Labute approximate surface area is 162 Å². The van der Waals surface area contributed by atoms with Crippen LogP contribution in [0.5, 0.6) is 0 Å². The van der Waals surface area contributed by atoms with Gasteiger partial charge in [0.15, 0.2) is 0 Å². The topological polar surface area (TPSA) is 78.8 Å². The first kappa shape index (κ1) is 16.6. The Balaban J connectivity index is 1.46. The maximum absolute atomic E-state index is 11.7. The van der Waals surface area contributed by atoms with Gasteiger partial charge in [0.05, 0.1) is 31.2 Å². The van der Waals surface area contributed by atoms with Crippen LogP contribution in [0.1, 0.15) is 5.56 Å². The van der Waals surface area contributed by atoms with Gasteiger partial charge in [-0.25, -0.2) is 4.98 Å². The minimum absolute atomic E-state index is 0.0443. The van der Waals surface area contributed by atoms with E-state index in [1.54, 1.807) is 0 Å². The molecule has 0 unspecified atom stereocenters. The largest absolute Gasteiger partial charge is 0.359 e. The first-order chi connectivity index (χ1) is 13.8. The second kappa shape index (κ2) is 6.84. The van der Waals surface area contributed by atoms with Crippen molar-refractivity contribution in [2.75, 3.05) is 24.5 Å². The van der Waals surface area contributed by atoms with Crippen LogP contribution in [-0.2, 0) is 11.3 Å². The van der Waals surface area contributed by atoms with Crippen molar-refractivity contribution in [1.29, 1.82) is 0 Å². The average molecular weight is 372 g/mol. The van der Waals surface area contributed by atoms with Gasteiger partial charge in [0.1, 0.15) is 5.65 Å². The zero-order valence-corrected chi connectivity index (χ0v) is 15.3. The number of nitrogens with one attached hydrogen (secondary N) is 2. The van der Waals surface area contributed by atoms with Crippen LogP contribution in [0.15, 0.2) is 61.2 Å². The third-order valence-corrected chi connectivity index (χ3v) is 5.05. The standard InChI is InChI=1S/C21H20N6O/c28-20-14-26(7-6-22-20)17-8-18-19(11-24-21(18)23-10-17)16-9-25-27(13-16)12-15-4-2-1-3-5-15/h1-5,8-11,13H,6-7,12,14H2,(H,22,28)(H,23,24). The van der Waals surface area contributed by atoms with E-state index in [1.807, 2.05) is 41.5 Å². The maximum atomic E-state index is 11.7. The molecular formula is C21H20N6O. The number of piperazine rings is 1. The predicted molar refractivity (Wildman–Crippen MR) is 108 cm³/mol. The Morgan fingerprint density at radius 3 is 2.89 bits per heavy atom. The third kappa shape index (κ3) is 3.11. The molecule has 0 aliphatic carbocycles. The molecule has 0 atom stereocenters. The summed E-state index contributed by atoms with van der Waals surface area (Å²) in [4.78, 5) is 21.6. The predicted octanol–water partition coefficient (Wildman–Crippen LogP) is 2.41. The van der Waals surface area contributed by atoms with Gasteiger partial charge in [-0.15, -0.1) is 0 Å². The fourth-order valence-corrected chi connectivity index (χ4v) is 3.62. The highest BCUT2D eigenvalue weighted by Crippen LogP contribution is 2.30. The number of hydrogen-bond donors (Lipinski definition) is 2. The van der Waals surface area contributed by atoms with Gasteiger partial charge in [0.2, 0.25) is 5.91 Å². The van der Waals surface area contributed by atoms with Crippen LogP contribution in [0, 0.1) is 0 Å². The molecule has 4 heterocycles. The molecule has 0 spiro atoms. The van der Waals surface area contributed by atoms with Crippen LogP contribution >= 0.6 is 0 Å². The van der Waals surface area contributed by atoms with Crippen molar-refractivity contribution < 1.29 is 4.79 Å². The van der Waals surface area contributed by atoms with Crippen molar-refractivity contribution in [1.82, 2.24) is 25.1 Å². The molecular weight excluding hydrogens is 352 g/mol. The van der Waals surface area contributed by atoms with E-state index < -0.39 is 0 Å². The number of rotatable bonds is 4. The summed E-state index contributed by atoms with van der Waals surface area (Å²) in [5, 5.41) is 8.40. The van der Waals surface area contributed by atoms with Crippen molar-refractivity contribution in [3.63, 3.8) is 0 Å². The molecule has 1 saturated heterocycles. The van der Waals surface area contributed by atoms with E-state index in [1.165, 1.54) is 5.56 Å². The van der Waals surface area contributed by atoms with E-state index in [4.69, 9.17) is 0 Å². The number of carbonyl (C=O) groups excluding carboxylic acids is 1. The Kier molecular flexibility index (Phi) is 4.05. The highest BCUT2D eigenvalue weighted by Gasteiger charge is 2.18. The molecule has 0 radical (unpaired) electrons. The lowest BCUT2D eigenvalue weighted by atomic mass is 10.1. The molecule has 4 aromatic rings. The van der Waals surface area contributed by atoms with Crippen molar-refractivity contribution in [2.45, 2.75) is 6.54 Å². The molecule has 0 bridgehead atoms. The summed E-state index contributed by atoms with van der Waals surface area (Å²) in [6, 6.07) is 12.4. The average Bonchev–Trinajstić information content (AvgIpc) is 3.35. The van der Waals surface area contributed by atoms with E-state index in [0.29, 0.717) is 13.1 Å². The zero-order chi connectivity index (χ0) is 18.9. The first-order valence-corrected chi connectivity index (χ1v) is 9.32. The SMILES string of the molecule is O=C1CN(c2cnc3[nH]cc(-c4cnn(Cc5ccccc5)c4)c3c2)CCN1. The van der Waals surface area contributed by atoms with E-state index >= 15 is 0 Å². The van der Waals surface area contributed by atoms with Gasteiger partial charge in [-0.1, -0.05) is 30.3 Å². The number of amides is 1. The first-order valence-electron chi connectivity index (χ1n) is 9.32. The minimum Gasteiger partial charge on any atom is -0.359 e. The number of benzene rings is 1. The van der Waals surface area contributed by atoms with Crippen LogP contribution in [0.4, 0.5) is 5.69 Å². The molecule has 3 aromatic heterocycles. The lowest BCUT2D eigenvalue weighted by Crippen LogP contribution is -2.47. The molecule has 1 fully saturated rings. The minimum atomic E-state index is 0.0443. The van der Waals surface area contributed by atoms with Crippen LogP contribution in [0.3, 0.4) is 0 Å². The summed E-state index contributed by atoms with van der Waals surface area (Å²) in [7, 11) is 0. The molecule has 28 heavy (non-hydrogen) atoms. The molecule has 1 aliphatic rings. The fraction of sp³-hybridized carbons (Fsp3) is 0.190. The van der Waals surface area contributed by atoms with Gasteiger partial charge in [-0.05, 0) is 11.6 Å². The molecule has 0 saturated carbocycles. The second-order valence-corrected chi connectivity index (χ2v) is 6.98. The van der Waals surface area contributed by atoms with Crippen molar-refractivity contribution in [3.05, 3.63) is 66.7 Å². The molecule has 1 aliphatic heterocycles. The van der Waals surface area contributed by atoms with Gasteiger partial charge < -0.3 is 15.2 Å². The highest BCUT2D eigenvalue weighted by atomic mass is 16.2. The third-order valence-electron chi connectivity index (χ3n) is 5.05. The van der Waals surface area contributed by atoms with Crippen molar-refractivity contribution in [3.8, 4) is 11.1 Å². The summed E-state index contributed by atoms with van der Waals surface area (Å²) >= 11 is 0. The smallest absolute Gasteiger partial charge is 0.239 e. The molecule has 140 valence electrons. The van der Waals surface area contributed by atoms with Crippen molar-refractivity contribution >= 4 is 22.6 Å². The van der Waals surface area contributed by atoms with Gasteiger partial charge in [0, 0.05) is 42.0 Å². The van der Waals surface area contributed by atoms with Crippen LogP contribution in [-0.4, -0.2) is 45.3 Å². The molecule has 7 nitrogen and oxygen atoms in total. The Hall–Kier alpha value is -3.61. The summed E-state index contributed by atoms with van der Waals surface area (Å²) in [5.41, 5.74) is 5.10. The van der Waals surface area contributed by atoms with Gasteiger partial charge in [0.25, 0.3) is 0 Å². The molecule has 5 rings (SSSR count). The summed E-state index contributed by atoms with van der Waals surface area (Å²) in [6.45, 7) is 2.54. The van der Waals surface area contributed by atoms with E-state index in [2.05, 4.69) is 49.7 Å². The fourth-order valence-electron chi connectivity index (χ4n) is 3.62. The monoisotopic (exact) mass is 372 g/mol. The normalized spacial score (nSPS) is 14.4. The molecule has 2 N–H and O–H groups in total. The van der Waals surface area contributed by atoms with Crippen molar-refractivity contribution in [2.24, 2.45) is 0 Å². The molecule has 1 aromatic carbocycles. The molecule has 1 amide bonds. The Bertz CT molecular complexity index is 1130. The number of fused-ring (bicyclic) bond motifs is 1. The summed E-state index contributed by atoms with van der Waals surface area (Å²) in [5.74, 6) is 0.0443. The van der Waals surface area contributed by atoms with E-state index in [0.717, 1.165) is 40.9 Å². The number of carbonyl (C=O) groups is 1. The number of pyridine rings is 1. The van der Waals surface area contributed by atoms with E-state index in [-0.39, 0.29) is 5.91 Å². The van der Waals surface area contributed by atoms with E-state index in [9.17, 15) is 4.79 Å². The second-order valence-electron chi connectivity index (χ2n) is 6.98. The number of H-pyrrole nitrogens is 1. The number of anilines is 1. The Morgan fingerprint density at radius 2 is 2.04 bits per heavy atom. The number of aromatic amines is 1.